The third kappa shape index (κ3) is 7.79. The zero-order valence-electron chi connectivity index (χ0n) is 24.7. The zero-order valence-corrected chi connectivity index (χ0v) is 25.5. The highest BCUT2D eigenvalue weighted by molar-refractivity contribution is 8.00. The number of carbonyl (C=O) groups excluding carboxylic acids is 4. The summed E-state index contributed by atoms with van der Waals surface area (Å²) < 4.78 is 10.7. The van der Waals surface area contributed by atoms with Crippen LogP contribution in [0, 0.1) is 0 Å². The Kier molecular flexibility index (Phi) is 9.96. The Balaban J connectivity index is 1.27. The number of thioether (sulfide) groups is 1. The first-order valence-electron chi connectivity index (χ1n) is 14.2. The maximum atomic E-state index is 13.4. The monoisotopic (exact) mass is 621 g/mol. The first-order valence-corrected chi connectivity index (χ1v) is 15.1. The van der Waals surface area contributed by atoms with E-state index in [4.69, 9.17) is 9.47 Å². The largest absolute Gasteiger partial charge is 0.497 e. The van der Waals surface area contributed by atoms with E-state index in [0.29, 0.717) is 40.6 Å². The van der Waals surface area contributed by atoms with Gasteiger partial charge in [-0.15, -0.1) is 11.8 Å². The van der Waals surface area contributed by atoms with Crippen molar-refractivity contribution >= 4 is 52.8 Å². The second-order valence-electron chi connectivity index (χ2n) is 9.93. The number of methoxy groups -OCH3 is 1. The highest BCUT2D eigenvalue weighted by Gasteiger charge is 2.40. The minimum atomic E-state index is -0.572. The maximum Gasteiger partial charge on any atom is 0.272 e. The van der Waals surface area contributed by atoms with Gasteiger partial charge in [0.15, 0.2) is 0 Å². The zero-order chi connectivity index (χ0) is 31.8. The molecule has 0 bridgehead atoms. The number of carbonyl (C=O) groups is 4. The smallest absolute Gasteiger partial charge is 0.272 e. The van der Waals surface area contributed by atoms with Crippen LogP contribution < -0.4 is 25.0 Å². The molecular weight excluding hydrogens is 590 g/mol. The van der Waals surface area contributed by atoms with Crippen LogP contribution in [0.4, 0.5) is 11.4 Å². The molecule has 4 aromatic rings. The lowest BCUT2D eigenvalue weighted by molar-refractivity contribution is -0.121. The fourth-order valence-electron chi connectivity index (χ4n) is 4.61. The fraction of sp³-hybridized carbons (Fsp3) is 0.143. The van der Waals surface area contributed by atoms with Crippen LogP contribution in [0.2, 0.25) is 0 Å². The number of amides is 4. The van der Waals surface area contributed by atoms with Crippen molar-refractivity contribution in [3.05, 3.63) is 120 Å². The number of nitrogens with zero attached hydrogens (tertiary/aromatic N) is 1. The number of nitrogens with one attached hydrogen (secondary N) is 2. The lowest BCUT2D eigenvalue weighted by Gasteiger charge is -2.15. The van der Waals surface area contributed by atoms with Gasteiger partial charge in [-0.2, -0.15) is 0 Å². The van der Waals surface area contributed by atoms with Crippen LogP contribution in [-0.2, 0) is 14.4 Å². The van der Waals surface area contributed by atoms with E-state index in [0.717, 1.165) is 4.90 Å². The first kappa shape index (κ1) is 31.1. The molecule has 0 aliphatic carbocycles. The van der Waals surface area contributed by atoms with Crippen LogP contribution in [0.5, 0.6) is 11.5 Å². The molecule has 1 aliphatic heterocycles. The summed E-state index contributed by atoms with van der Waals surface area (Å²) in [5.74, 6) is -0.159. The summed E-state index contributed by atoms with van der Waals surface area (Å²) >= 11 is 1.29. The first-order chi connectivity index (χ1) is 21.8. The van der Waals surface area contributed by atoms with E-state index in [9.17, 15) is 19.2 Å². The predicted octanol–water partition coefficient (Wildman–Crippen LogP) is 5.93. The third-order valence-corrected chi connectivity index (χ3v) is 8.05. The molecule has 0 radical (unpaired) electrons. The molecule has 0 spiro atoms. The van der Waals surface area contributed by atoms with Gasteiger partial charge >= 0.3 is 0 Å². The molecule has 0 aromatic heterocycles. The molecule has 228 valence electrons. The summed E-state index contributed by atoms with van der Waals surface area (Å²) in [4.78, 5) is 54.1. The Labute approximate surface area is 265 Å². The molecule has 1 unspecified atom stereocenters. The molecule has 4 amide bonds. The molecule has 1 saturated heterocycles. The molecule has 1 atom stereocenters. The third-order valence-electron chi connectivity index (χ3n) is 6.86. The summed E-state index contributed by atoms with van der Waals surface area (Å²) in [6.45, 7) is 2.43. The summed E-state index contributed by atoms with van der Waals surface area (Å²) in [7, 11) is 1.55. The Bertz CT molecular complexity index is 1710. The number of hydrogen-bond donors (Lipinski definition) is 2. The quantitative estimate of drug-likeness (QED) is 0.158. The lowest BCUT2D eigenvalue weighted by atomic mass is 10.1. The molecule has 1 aliphatic rings. The van der Waals surface area contributed by atoms with Crippen molar-refractivity contribution in [1.29, 1.82) is 0 Å². The molecule has 0 saturated carbocycles. The van der Waals surface area contributed by atoms with Crippen molar-refractivity contribution in [2.24, 2.45) is 0 Å². The molecule has 9 nitrogen and oxygen atoms in total. The van der Waals surface area contributed by atoms with Crippen LogP contribution in [0.3, 0.4) is 0 Å². The number of rotatable bonds is 11. The second-order valence-corrected chi connectivity index (χ2v) is 11.2. The molecule has 10 heteroatoms. The fourth-order valence-corrected chi connectivity index (χ4v) is 5.67. The number of anilines is 2. The van der Waals surface area contributed by atoms with Gasteiger partial charge in [0.25, 0.3) is 11.8 Å². The highest BCUT2D eigenvalue weighted by Crippen LogP contribution is 2.35. The van der Waals surface area contributed by atoms with Crippen molar-refractivity contribution in [3.63, 3.8) is 0 Å². The van der Waals surface area contributed by atoms with E-state index < -0.39 is 17.1 Å². The van der Waals surface area contributed by atoms with Gasteiger partial charge < -0.3 is 20.1 Å². The topological polar surface area (TPSA) is 114 Å². The van der Waals surface area contributed by atoms with Gasteiger partial charge in [0.1, 0.15) is 17.2 Å². The van der Waals surface area contributed by atoms with Gasteiger partial charge in [-0.25, -0.2) is 4.90 Å². The average molecular weight is 622 g/mol. The Morgan fingerprint density at radius 1 is 0.889 bits per heavy atom. The maximum absolute atomic E-state index is 13.4. The van der Waals surface area contributed by atoms with E-state index >= 15 is 0 Å². The van der Waals surface area contributed by atoms with Crippen molar-refractivity contribution in [1.82, 2.24) is 5.32 Å². The molecular formula is C35H31N3O6S. The van der Waals surface area contributed by atoms with Crippen LogP contribution in [-0.4, -0.2) is 42.6 Å². The van der Waals surface area contributed by atoms with Crippen LogP contribution in [0.15, 0.2) is 114 Å². The Morgan fingerprint density at radius 2 is 1.56 bits per heavy atom. The molecule has 1 heterocycles. The number of hydrogen-bond acceptors (Lipinski definition) is 7. The molecule has 5 rings (SSSR count). The van der Waals surface area contributed by atoms with Gasteiger partial charge in [-0.1, -0.05) is 30.3 Å². The van der Waals surface area contributed by atoms with Crippen molar-refractivity contribution < 1.29 is 28.7 Å². The average Bonchev–Trinajstić information content (AvgIpc) is 3.34. The minimum Gasteiger partial charge on any atom is -0.497 e. The van der Waals surface area contributed by atoms with Crippen molar-refractivity contribution in [2.75, 3.05) is 23.9 Å². The number of ether oxygens (including phenoxy) is 2. The molecule has 2 N–H and O–H groups in total. The minimum absolute atomic E-state index is 0.0557. The van der Waals surface area contributed by atoms with Gasteiger partial charge in [0, 0.05) is 22.6 Å². The van der Waals surface area contributed by atoms with E-state index in [-0.39, 0.29) is 23.9 Å². The van der Waals surface area contributed by atoms with E-state index in [2.05, 4.69) is 10.6 Å². The Morgan fingerprint density at radius 3 is 2.20 bits per heavy atom. The summed E-state index contributed by atoms with van der Waals surface area (Å²) in [5.41, 5.74) is 2.16. The summed E-state index contributed by atoms with van der Waals surface area (Å²) in [6, 6.07) is 29.5. The normalized spacial score (nSPS) is 14.7. The Hall–Kier alpha value is -5.35. The molecule has 4 aromatic carbocycles. The predicted molar refractivity (Wildman–Crippen MR) is 174 cm³/mol. The summed E-state index contributed by atoms with van der Waals surface area (Å²) in [5, 5.41) is 4.99. The van der Waals surface area contributed by atoms with Gasteiger partial charge in [0.2, 0.25) is 11.8 Å². The van der Waals surface area contributed by atoms with Gasteiger partial charge in [0.05, 0.1) is 24.7 Å². The van der Waals surface area contributed by atoms with Crippen molar-refractivity contribution in [2.45, 2.75) is 23.5 Å². The SMILES string of the molecule is CCOc1ccc(/C=C(\NC(=O)c2ccccc2)C(=O)Nc2ccc(SC3CC(=O)N(c4ccc(OC)cc4)C3=O)cc2)cc1. The summed E-state index contributed by atoms with van der Waals surface area (Å²) in [6.07, 6.45) is 1.67. The van der Waals surface area contributed by atoms with E-state index in [1.807, 2.05) is 6.92 Å². The van der Waals surface area contributed by atoms with Crippen LogP contribution in [0.1, 0.15) is 29.3 Å². The lowest BCUT2D eigenvalue weighted by Crippen LogP contribution is -2.31. The molecule has 1 fully saturated rings. The standard InChI is InChI=1S/C35H31N3O6S/c1-3-44-28-15-9-23(10-16-28)21-30(37-33(40)24-7-5-4-6-8-24)34(41)36-25-11-19-29(20-12-25)45-31-22-32(39)38(35(31)42)26-13-17-27(43-2)18-14-26/h4-21,31H,3,22H2,1-2H3,(H,36,41)(H,37,40)/b30-21-. The van der Waals surface area contributed by atoms with Gasteiger partial charge in [-0.05, 0) is 91.4 Å². The van der Waals surface area contributed by atoms with Gasteiger partial charge in [-0.3, -0.25) is 19.2 Å². The highest BCUT2D eigenvalue weighted by atomic mass is 32.2. The van der Waals surface area contributed by atoms with E-state index in [1.54, 1.807) is 116 Å². The van der Waals surface area contributed by atoms with Crippen LogP contribution in [0.25, 0.3) is 6.08 Å². The number of imide groups is 1. The van der Waals surface area contributed by atoms with Crippen molar-refractivity contribution in [3.8, 4) is 11.5 Å². The molecule has 45 heavy (non-hydrogen) atoms. The van der Waals surface area contributed by atoms with Crippen LogP contribution >= 0.6 is 11.8 Å². The second kappa shape index (κ2) is 14.4. The number of benzene rings is 4. The van der Waals surface area contributed by atoms with E-state index in [1.165, 1.54) is 16.7 Å².